The molecule has 0 unspecified atom stereocenters. The molecule has 0 fully saturated rings. The van der Waals surface area contributed by atoms with E-state index in [1.807, 2.05) is 0 Å². The van der Waals surface area contributed by atoms with Crippen molar-refractivity contribution < 1.29 is 13.2 Å². The molecule has 2 aromatic rings. The number of halogens is 4. The summed E-state index contributed by atoms with van der Waals surface area (Å²) in [6, 6.07) is 8.00. The predicted molar refractivity (Wildman–Crippen MR) is 79.9 cm³/mol. The average Bonchev–Trinajstić information content (AvgIpc) is 2.40. The number of alkyl halides is 3. The Morgan fingerprint density at radius 1 is 1.24 bits per heavy atom. The van der Waals surface area contributed by atoms with E-state index in [-0.39, 0.29) is 5.82 Å². The van der Waals surface area contributed by atoms with Gasteiger partial charge in [0.25, 0.3) is 0 Å². The fraction of sp³-hybridized carbons (Fsp3) is 0.214. The molecule has 0 radical (unpaired) electrons. The number of nitrogen functional groups attached to an aromatic ring is 1. The van der Waals surface area contributed by atoms with Crippen LogP contribution in [-0.4, -0.2) is 12.0 Å². The van der Waals surface area contributed by atoms with Crippen LogP contribution in [0.25, 0.3) is 0 Å². The molecule has 0 aliphatic rings. The molecule has 3 nitrogen and oxygen atoms in total. The zero-order chi connectivity index (χ0) is 15.6. The Morgan fingerprint density at radius 3 is 2.43 bits per heavy atom. The monoisotopic (exact) mass is 359 g/mol. The number of hydrogen-bond donors (Lipinski definition) is 1. The molecule has 2 rings (SSSR count). The van der Waals surface area contributed by atoms with Crippen LogP contribution in [0.1, 0.15) is 11.1 Å². The highest BCUT2D eigenvalue weighted by molar-refractivity contribution is 9.10. The van der Waals surface area contributed by atoms with Crippen LogP contribution >= 0.6 is 15.9 Å². The molecule has 0 spiro atoms. The first kappa shape index (κ1) is 15.6. The van der Waals surface area contributed by atoms with Gasteiger partial charge in [0.05, 0.1) is 5.56 Å². The van der Waals surface area contributed by atoms with Crippen molar-refractivity contribution >= 4 is 27.4 Å². The molecule has 0 bridgehead atoms. The third-order valence-corrected chi connectivity index (χ3v) is 3.33. The largest absolute Gasteiger partial charge is 0.419 e. The summed E-state index contributed by atoms with van der Waals surface area (Å²) in [5.74, 6) is -0.109. The molecule has 0 aliphatic heterocycles. The van der Waals surface area contributed by atoms with Gasteiger partial charge in [0, 0.05) is 29.9 Å². The summed E-state index contributed by atoms with van der Waals surface area (Å²) in [5, 5.41) is 0. The lowest BCUT2D eigenvalue weighted by Gasteiger charge is -2.22. The molecule has 7 heteroatoms. The smallest absolute Gasteiger partial charge is 0.399 e. The maximum Gasteiger partial charge on any atom is 0.419 e. The molecule has 0 atom stereocenters. The van der Waals surface area contributed by atoms with E-state index in [1.165, 1.54) is 11.1 Å². The Kier molecular flexibility index (Phi) is 4.41. The SMILES string of the molecule is CN(Cc1ccc(N)cc1)c1ncc(Br)cc1C(F)(F)F. The van der Waals surface area contributed by atoms with Gasteiger partial charge in [-0.1, -0.05) is 12.1 Å². The molecule has 1 aromatic heterocycles. The van der Waals surface area contributed by atoms with Gasteiger partial charge >= 0.3 is 6.18 Å². The second-order valence-electron chi connectivity index (χ2n) is 4.62. The number of hydrogen-bond acceptors (Lipinski definition) is 3. The normalized spacial score (nSPS) is 11.5. The van der Waals surface area contributed by atoms with Crippen molar-refractivity contribution in [3.8, 4) is 0 Å². The van der Waals surface area contributed by atoms with Crippen LogP contribution in [0.4, 0.5) is 24.7 Å². The summed E-state index contributed by atoms with van der Waals surface area (Å²) >= 11 is 3.02. The first-order valence-electron chi connectivity index (χ1n) is 6.05. The number of pyridine rings is 1. The summed E-state index contributed by atoms with van der Waals surface area (Å²) in [6.45, 7) is 0.304. The van der Waals surface area contributed by atoms with Crippen LogP contribution in [0.3, 0.4) is 0 Å². The molecule has 1 heterocycles. The molecule has 0 saturated carbocycles. The van der Waals surface area contributed by atoms with Crippen LogP contribution in [0.2, 0.25) is 0 Å². The van der Waals surface area contributed by atoms with E-state index in [2.05, 4.69) is 20.9 Å². The zero-order valence-electron chi connectivity index (χ0n) is 11.2. The average molecular weight is 360 g/mol. The molecule has 0 aliphatic carbocycles. The van der Waals surface area contributed by atoms with Crippen LogP contribution in [0.5, 0.6) is 0 Å². The minimum atomic E-state index is -4.46. The highest BCUT2D eigenvalue weighted by Crippen LogP contribution is 2.36. The Morgan fingerprint density at radius 2 is 1.86 bits per heavy atom. The van der Waals surface area contributed by atoms with Gasteiger partial charge in [0.1, 0.15) is 5.82 Å². The predicted octanol–water partition coefficient (Wildman–Crippen LogP) is 4.08. The Hall–Kier alpha value is -1.76. The van der Waals surface area contributed by atoms with E-state index in [0.717, 1.165) is 11.6 Å². The molecule has 21 heavy (non-hydrogen) atoms. The molecule has 112 valence electrons. The van der Waals surface area contributed by atoms with Gasteiger partial charge < -0.3 is 10.6 Å². The van der Waals surface area contributed by atoms with Crippen molar-refractivity contribution in [3.63, 3.8) is 0 Å². The number of aromatic nitrogens is 1. The van der Waals surface area contributed by atoms with Gasteiger partial charge in [-0.25, -0.2) is 4.98 Å². The molecule has 2 N–H and O–H groups in total. The lowest BCUT2D eigenvalue weighted by molar-refractivity contribution is -0.137. The Labute approximate surface area is 128 Å². The second-order valence-corrected chi connectivity index (χ2v) is 5.54. The maximum absolute atomic E-state index is 13.1. The molecule has 1 aromatic carbocycles. The number of anilines is 2. The summed E-state index contributed by atoms with van der Waals surface area (Å²) in [7, 11) is 1.57. The number of nitrogens with two attached hydrogens (primary N) is 1. The third kappa shape index (κ3) is 3.87. The fourth-order valence-corrected chi connectivity index (χ4v) is 2.25. The van der Waals surface area contributed by atoms with Crippen LogP contribution < -0.4 is 10.6 Å². The quantitative estimate of drug-likeness (QED) is 0.839. The first-order valence-corrected chi connectivity index (χ1v) is 6.85. The van der Waals surface area contributed by atoms with Crippen LogP contribution in [-0.2, 0) is 12.7 Å². The summed E-state index contributed by atoms with van der Waals surface area (Å²) < 4.78 is 39.5. The third-order valence-electron chi connectivity index (χ3n) is 2.90. The minimum absolute atomic E-state index is 0.109. The lowest BCUT2D eigenvalue weighted by Crippen LogP contribution is -2.22. The van der Waals surface area contributed by atoms with E-state index in [1.54, 1.807) is 31.3 Å². The van der Waals surface area contributed by atoms with Crippen molar-refractivity contribution in [2.24, 2.45) is 0 Å². The van der Waals surface area contributed by atoms with E-state index in [0.29, 0.717) is 16.7 Å². The Balaban J connectivity index is 2.30. The standard InChI is InChI=1S/C14H13BrF3N3/c1-21(8-9-2-4-11(19)5-3-9)13-12(14(16,17)18)6-10(15)7-20-13/h2-7H,8,19H2,1H3. The number of benzene rings is 1. The number of rotatable bonds is 3. The van der Waals surface area contributed by atoms with E-state index < -0.39 is 11.7 Å². The summed E-state index contributed by atoms with van der Waals surface area (Å²) in [5.41, 5.74) is 6.28. The highest BCUT2D eigenvalue weighted by atomic mass is 79.9. The maximum atomic E-state index is 13.1. The van der Waals surface area contributed by atoms with Gasteiger partial charge in [-0.15, -0.1) is 0 Å². The van der Waals surface area contributed by atoms with E-state index >= 15 is 0 Å². The fourth-order valence-electron chi connectivity index (χ4n) is 1.92. The number of nitrogens with zero attached hydrogens (tertiary/aromatic N) is 2. The second kappa shape index (κ2) is 5.93. The zero-order valence-corrected chi connectivity index (χ0v) is 12.7. The van der Waals surface area contributed by atoms with Gasteiger partial charge in [0.15, 0.2) is 0 Å². The summed E-state index contributed by atoms with van der Waals surface area (Å²) in [6.07, 6.45) is -3.11. The van der Waals surface area contributed by atoms with Crippen molar-refractivity contribution in [2.75, 3.05) is 17.7 Å². The molecule has 0 amide bonds. The highest BCUT2D eigenvalue weighted by Gasteiger charge is 2.35. The van der Waals surface area contributed by atoms with Gasteiger partial charge in [-0.3, -0.25) is 0 Å². The van der Waals surface area contributed by atoms with Crippen LogP contribution in [0, 0.1) is 0 Å². The topological polar surface area (TPSA) is 42.1 Å². The van der Waals surface area contributed by atoms with Crippen molar-refractivity contribution in [1.82, 2.24) is 4.98 Å². The van der Waals surface area contributed by atoms with Gasteiger partial charge in [-0.2, -0.15) is 13.2 Å². The van der Waals surface area contributed by atoms with Crippen molar-refractivity contribution in [2.45, 2.75) is 12.7 Å². The molecule has 0 saturated heterocycles. The van der Waals surface area contributed by atoms with E-state index in [4.69, 9.17) is 5.73 Å². The minimum Gasteiger partial charge on any atom is -0.399 e. The Bertz CT molecular complexity index is 626. The van der Waals surface area contributed by atoms with E-state index in [9.17, 15) is 13.2 Å². The van der Waals surface area contributed by atoms with Crippen LogP contribution in [0.15, 0.2) is 41.0 Å². The van der Waals surface area contributed by atoms with Gasteiger partial charge in [0.2, 0.25) is 0 Å². The summed E-state index contributed by atoms with van der Waals surface area (Å²) in [4.78, 5) is 5.35. The van der Waals surface area contributed by atoms with Crippen molar-refractivity contribution in [3.05, 3.63) is 52.1 Å². The van der Waals surface area contributed by atoms with Gasteiger partial charge in [-0.05, 0) is 39.7 Å². The molecular weight excluding hydrogens is 347 g/mol. The lowest BCUT2D eigenvalue weighted by atomic mass is 10.2. The molecular formula is C14H13BrF3N3. The van der Waals surface area contributed by atoms with Crippen molar-refractivity contribution in [1.29, 1.82) is 0 Å². The first-order chi connectivity index (χ1) is 9.77.